The fourth-order valence-electron chi connectivity index (χ4n) is 2.27. The van der Waals surface area contributed by atoms with Gasteiger partial charge in [0.2, 0.25) is 15.9 Å². The Labute approximate surface area is 124 Å². The number of hydrogen-bond donors (Lipinski definition) is 2. The Bertz CT molecular complexity index is 568. The molecule has 1 aromatic rings. The highest BCUT2D eigenvalue weighted by molar-refractivity contribution is 7.89. The second kappa shape index (κ2) is 6.88. The summed E-state index contributed by atoms with van der Waals surface area (Å²) in [6.45, 7) is 2.04. The molecule has 0 aromatic heterocycles. The zero-order valence-corrected chi connectivity index (χ0v) is 12.4. The van der Waals surface area contributed by atoms with Crippen molar-refractivity contribution in [1.29, 1.82) is 0 Å². The molecule has 1 aliphatic heterocycles. The molecular weight excluding hydrogens is 294 g/mol. The van der Waals surface area contributed by atoms with Gasteiger partial charge in [-0.25, -0.2) is 13.9 Å². The minimum absolute atomic E-state index is 0.238. The molecule has 7 nitrogen and oxygen atoms in total. The summed E-state index contributed by atoms with van der Waals surface area (Å²) in [4.78, 5) is 13.1. The van der Waals surface area contributed by atoms with Gasteiger partial charge in [0, 0.05) is 38.3 Å². The zero-order chi connectivity index (χ0) is 15.3. The third-order valence-electron chi connectivity index (χ3n) is 3.47. The van der Waals surface area contributed by atoms with E-state index in [-0.39, 0.29) is 12.2 Å². The SMILES string of the molecule is O=C(CCS(=O)(=O)N1CCN(c2ccccc2)CC1)NO. The first-order valence-electron chi connectivity index (χ1n) is 6.74. The number of hydrogen-bond acceptors (Lipinski definition) is 5. The molecule has 0 saturated carbocycles. The Balaban J connectivity index is 1.90. The molecule has 1 heterocycles. The molecule has 8 heteroatoms. The Hall–Kier alpha value is -1.64. The van der Waals surface area contributed by atoms with Crippen molar-refractivity contribution in [3.8, 4) is 0 Å². The molecule has 1 amide bonds. The van der Waals surface area contributed by atoms with Crippen molar-refractivity contribution in [2.75, 3.05) is 36.8 Å². The van der Waals surface area contributed by atoms with Crippen molar-refractivity contribution in [3.05, 3.63) is 30.3 Å². The van der Waals surface area contributed by atoms with E-state index in [1.54, 1.807) is 0 Å². The monoisotopic (exact) mass is 313 g/mol. The van der Waals surface area contributed by atoms with Crippen molar-refractivity contribution in [1.82, 2.24) is 9.79 Å². The van der Waals surface area contributed by atoms with Crippen LogP contribution in [0.1, 0.15) is 6.42 Å². The Kier molecular flexibility index (Phi) is 5.16. The van der Waals surface area contributed by atoms with Gasteiger partial charge in [0.1, 0.15) is 0 Å². The minimum Gasteiger partial charge on any atom is -0.369 e. The van der Waals surface area contributed by atoms with E-state index in [2.05, 4.69) is 4.90 Å². The molecule has 116 valence electrons. The van der Waals surface area contributed by atoms with Gasteiger partial charge in [-0.3, -0.25) is 10.0 Å². The number of piperazine rings is 1. The molecule has 2 rings (SSSR count). The summed E-state index contributed by atoms with van der Waals surface area (Å²) in [6, 6.07) is 9.83. The highest BCUT2D eigenvalue weighted by Crippen LogP contribution is 2.17. The number of amides is 1. The molecule has 0 spiro atoms. The third kappa shape index (κ3) is 4.16. The number of carbonyl (C=O) groups is 1. The van der Waals surface area contributed by atoms with E-state index in [1.165, 1.54) is 9.79 Å². The number of rotatable bonds is 5. The largest absolute Gasteiger partial charge is 0.369 e. The quantitative estimate of drug-likeness (QED) is 0.591. The van der Waals surface area contributed by atoms with Gasteiger partial charge in [-0.2, -0.15) is 4.31 Å². The smallest absolute Gasteiger partial charge is 0.244 e. The lowest BCUT2D eigenvalue weighted by Gasteiger charge is -2.35. The topological polar surface area (TPSA) is 90.0 Å². The van der Waals surface area contributed by atoms with Crippen LogP contribution in [0.25, 0.3) is 0 Å². The number of carbonyl (C=O) groups excluding carboxylic acids is 1. The second-order valence-electron chi connectivity index (χ2n) is 4.82. The van der Waals surface area contributed by atoms with Gasteiger partial charge in [0.05, 0.1) is 5.75 Å². The number of sulfonamides is 1. The van der Waals surface area contributed by atoms with Gasteiger partial charge in [-0.05, 0) is 12.1 Å². The molecule has 1 fully saturated rings. The van der Waals surface area contributed by atoms with E-state index in [4.69, 9.17) is 5.21 Å². The van der Waals surface area contributed by atoms with Crippen molar-refractivity contribution >= 4 is 21.6 Å². The maximum atomic E-state index is 12.1. The van der Waals surface area contributed by atoms with Crippen LogP contribution in [0.3, 0.4) is 0 Å². The number of nitrogens with zero attached hydrogens (tertiary/aromatic N) is 2. The van der Waals surface area contributed by atoms with Crippen LogP contribution in [0.15, 0.2) is 30.3 Å². The van der Waals surface area contributed by atoms with E-state index >= 15 is 0 Å². The minimum atomic E-state index is -3.46. The fraction of sp³-hybridized carbons (Fsp3) is 0.462. The van der Waals surface area contributed by atoms with Crippen molar-refractivity contribution in [2.45, 2.75) is 6.42 Å². The molecular formula is C13H19N3O4S. The van der Waals surface area contributed by atoms with E-state index in [0.29, 0.717) is 26.2 Å². The first-order chi connectivity index (χ1) is 10.0. The molecule has 0 unspecified atom stereocenters. The summed E-state index contributed by atoms with van der Waals surface area (Å²) in [7, 11) is -3.46. The van der Waals surface area contributed by atoms with Crippen molar-refractivity contribution < 1.29 is 18.4 Å². The summed E-state index contributed by atoms with van der Waals surface area (Å²) in [6.07, 6.45) is -0.238. The average Bonchev–Trinajstić information content (AvgIpc) is 2.53. The second-order valence-corrected chi connectivity index (χ2v) is 6.91. The van der Waals surface area contributed by atoms with Gasteiger partial charge < -0.3 is 4.90 Å². The van der Waals surface area contributed by atoms with E-state index < -0.39 is 15.9 Å². The first kappa shape index (κ1) is 15.7. The summed E-state index contributed by atoms with van der Waals surface area (Å²) in [5.41, 5.74) is 2.52. The Morgan fingerprint density at radius 1 is 1.14 bits per heavy atom. The van der Waals surface area contributed by atoms with Crippen molar-refractivity contribution in [2.24, 2.45) is 0 Å². The number of hydroxylamine groups is 1. The van der Waals surface area contributed by atoms with Gasteiger partial charge in [0.25, 0.3) is 0 Å². The molecule has 2 N–H and O–H groups in total. The molecule has 0 atom stereocenters. The number of anilines is 1. The molecule has 0 aliphatic carbocycles. The lowest BCUT2D eigenvalue weighted by Crippen LogP contribution is -2.49. The molecule has 1 aliphatic rings. The van der Waals surface area contributed by atoms with E-state index in [9.17, 15) is 13.2 Å². The van der Waals surface area contributed by atoms with Crippen LogP contribution in [-0.4, -0.2) is 55.8 Å². The van der Waals surface area contributed by atoms with Crippen LogP contribution in [0.4, 0.5) is 5.69 Å². The van der Waals surface area contributed by atoms with E-state index in [0.717, 1.165) is 5.69 Å². The van der Waals surface area contributed by atoms with Crippen LogP contribution in [0, 0.1) is 0 Å². The lowest BCUT2D eigenvalue weighted by molar-refractivity contribution is -0.128. The third-order valence-corrected chi connectivity index (χ3v) is 5.34. The first-order valence-corrected chi connectivity index (χ1v) is 8.34. The Morgan fingerprint density at radius 3 is 2.33 bits per heavy atom. The summed E-state index contributed by atoms with van der Waals surface area (Å²) in [5.74, 6) is -0.980. The predicted molar refractivity (Wildman–Crippen MR) is 78.6 cm³/mol. The maximum absolute atomic E-state index is 12.1. The standard InChI is InChI=1S/C13H19N3O4S/c17-13(14-18)6-11-21(19,20)16-9-7-15(8-10-16)12-4-2-1-3-5-12/h1-5,18H,6-11H2,(H,14,17). The van der Waals surface area contributed by atoms with Crippen molar-refractivity contribution in [3.63, 3.8) is 0 Å². The number of para-hydroxylation sites is 1. The molecule has 0 bridgehead atoms. The predicted octanol–water partition coefficient (Wildman–Crippen LogP) is 0.0339. The van der Waals surface area contributed by atoms with Crippen LogP contribution < -0.4 is 10.4 Å². The van der Waals surface area contributed by atoms with Crippen LogP contribution in [0.2, 0.25) is 0 Å². The molecule has 0 radical (unpaired) electrons. The fourth-order valence-corrected chi connectivity index (χ4v) is 3.69. The summed E-state index contributed by atoms with van der Waals surface area (Å²) in [5, 5.41) is 8.39. The van der Waals surface area contributed by atoms with Crippen LogP contribution in [0.5, 0.6) is 0 Å². The highest BCUT2D eigenvalue weighted by atomic mass is 32.2. The zero-order valence-electron chi connectivity index (χ0n) is 11.6. The maximum Gasteiger partial charge on any atom is 0.244 e. The lowest BCUT2D eigenvalue weighted by atomic mass is 10.2. The normalized spacial score (nSPS) is 16.7. The van der Waals surface area contributed by atoms with E-state index in [1.807, 2.05) is 30.3 Å². The van der Waals surface area contributed by atoms with Gasteiger partial charge in [0.15, 0.2) is 0 Å². The number of benzene rings is 1. The molecule has 1 aromatic carbocycles. The average molecular weight is 313 g/mol. The van der Waals surface area contributed by atoms with Crippen LogP contribution >= 0.6 is 0 Å². The molecule has 1 saturated heterocycles. The summed E-state index contributed by atoms with van der Waals surface area (Å²) < 4.78 is 25.6. The van der Waals surface area contributed by atoms with Gasteiger partial charge in [-0.1, -0.05) is 18.2 Å². The highest BCUT2D eigenvalue weighted by Gasteiger charge is 2.27. The van der Waals surface area contributed by atoms with Gasteiger partial charge in [-0.15, -0.1) is 0 Å². The number of nitrogens with one attached hydrogen (secondary N) is 1. The van der Waals surface area contributed by atoms with Crippen LogP contribution in [-0.2, 0) is 14.8 Å². The summed E-state index contributed by atoms with van der Waals surface area (Å²) >= 11 is 0. The van der Waals surface area contributed by atoms with Gasteiger partial charge >= 0.3 is 0 Å². The Morgan fingerprint density at radius 2 is 1.76 bits per heavy atom. The molecule has 21 heavy (non-hydrogen) atoms.